The smallest absolute Gasteiger partial charge is 0.409 e. The minimum Gasteiger partial charge on any atom is -0.409 e. The van der Waals surface area contributed by atoms with Crippen molar-refractivity contribution in [3.63, 3.8) is 0 Å². The van der Waals surface area contributed by atoms with Gasteiger partial charge in [0.2, 0.25) is 0 Å². The summed E-state index contributed by atoms with van der Waals surface area (Å²) in [6.07, 6.45) is 0. The van der Waals surface area contributed by atoms with Crippen LogP contribution in [0.5, 0.6) is 17.2 Å². The maximum absolute atomic E-state index is 7.50. The molecule has 0 N–H and O–H groups in total. The van der Waals surface area contributed by atoms with Crippen molar-refractivity contribution < 1.29 is 52.2 Å². The predicted octanol–water partition coefficient (Wildman–Crippen LogP) is 4.78. The summed E-state index contributed by atoms with van der Waals surface area (Å²) in [4.78, 5) is 30.0. The molecule has 0 aliphatic rings. The van der Waals surface area contributed by atoms with E-state index >= 15 is 0 Å². The van der Waals surface area contributed by atoms with Gasteiger partial charge in [-0.1, -0.05) is 53.1 Å². The molecule has 0 unspecified atom stereocenters. The second-order valence-electron chi connectivity index (χ2n) is 5.94. The van der Waals surface area contributed by atoms with Crippen LogP contribution in [0, 0.1) is 20.8 Å². The van der Waals surface area contributed by atoms with Gasteiger partial charge in [-0.3, -0.25) is 19.2 Å². The van der Waals surface area contributed by atoms with Gasteiger partial charge in [-0.05, 0) is 57.2 Å². The first-order valence-electron chi connectivity index (χ1n) is 8.94. The standard InChI is InChI=1S/C21H21O3P.4CO.Ru/c1-16-4-10-19(11-5-16)22-25(23-20-12-6-17(2)7-13-20)24-21-14-8-18(3)9-15-21;4*1-2;/h4-15H,1-3H3;;;;;. The molecule has 3 aromatic rings. The van der Waals surface area contributed by atoms with E-state index in [0.717, 1.165) is 17.2 Å². The molecule has 0 bridgehead atoms. The molecule has 0 aromatic heterocycles. The van der Waals surface area contributed by atoms with Crippen LogP contribution in [-0.4, -0.2) is 27.2 Å². The molecule has 0 fully saturated rings. The largest absolute Gasteiger partial charge is 0.530 e. The Morgan fingerprint density at radius 2 is 0.618 bits per heavy atom. The summed E-state index contributed by atoms with van der Waals surface area (Å²) in [5.41, 5.74) is 3.53. The molecule has 0 aliphatic carbocycles. The number of aryl methyl sites for hydroxylation is 3. The van der Waals surface area contributed by atoms with Gasteiger partial charge in [0.15, 0.2) is 0 Å². The zero-order valence-corrected chi connectivity index (χ0v) is 21.2. The van der Waals surface area contributed by atoms with E-state index < -0.39 is 8.60 Å². The monoisotopic (exact) mass is 566 g/mol. The number of carbonyl (C=O) groups excluding carboxylic acids is 4. The van der Waals surface area contributed by atoms with Crippen molar-refractivity contribution in [3.05, 3.63) is 89.5 Å². The van der Waals surface area contributed by atoms with E-state index in [4.69, 9.17) is 32.7 Å². The Labute approximate surface area is 215 Å². The summed E-state index contributed by atoms with van der Waals surface area (Å²) in [6.45, 7) is 24.1. The third-order valence-corrected chi connectivity index (χ3v) is 4.68. The van der Waals surface area contributed by atoms with E-state index in [1.165, 1.54) is 16.7 Å². The molecule has 3 aromatic carbocycles. The summed E-state index contributed by atoms with van der Waals surface area (Å²) in [7, 11) is -1.62. The van der Waals surface area contributed by atoms with Gasteiger partial charge >= 0.3 is 8.60 Å². The molecule has 176 valence electrons. The molecule has 0 spiro atoms. The van der Waals surface area contributed by atoms with Gasteiger partial charge < -0.3 is 13.6 Å². The van der Waals surface area contributed by atoms with Crippen molar-refractivity contribution in [1.82, 2.24) is 0 Å². The second-order valence-corrected chi connectivity index (χ2v) is 6.93. The Balaban J connectivity index is -0.000000969. The van der Waals surface area contributed by atoms with Crippen molar-refractivity contribution in [3.8, 4) is 17.2 Å². The van der Waals surface area contributed by atoms with Gasteiger partial charge in [-0.15, -0.1) is 0 Å². The van der Waals surface area contributed by atoms with Crippen LogP contribution < -0.4 is 13.6 Å². The molecule has 7 nitrogen and oxygen atoms in total. The Hall–Kier alpha value is -3.21. The van der Waals surface area contributed by atoms with Crippen molar-refractivity contribution in [1.29, 1.82) is 0 Å². The van der Waals surface area contributed by atoms with Gasteiger partial charge in [-0.25, -0.2) is 0 Å². The number of benzene rings is 3. The van der Waals surface area contributed by atoms with Crippen molar-refractivity contribution in [2.24, 2.45) is 0 Å². The first kappa shape index (κ1) is 35.4. The van der Waals surface area contributed by atoms with Crippen LogP contribution in [0.1, 0.15) is 16.7 Å². The van der Waals surface area contributed by atoms with Crippen molar-refractivity contribution in [2.75, 3.05) is 0 Å². The van der Waals surface area contributed by atoms with Crippen LogP contribution in [0.4, 0.5) is 0 Å². The molecule has 0 atom stereocenters. The summed E-state index contributed by atoms with van der Waals surface area (Å²) in [6, 6.07) is 23.5. The van der Waals surface area contributed by atoms with Crippen molar-refractivity contribution >= 4 is 35.8 Å². The molecule has 0 saturated carbocycles. The average molecular weight is 565 g/mol. The Morgan fingerprint density at radius 1 is 0.441 bits per heavy atom. The molecular weight excluding hydrogens is 544 g/mol. The van der Waals surface area contributed by atoms with E-state index in [-0.39, 0.29) is 19.5 Å². The molecular formula is C25H21O7PRu. The summed E-state index contributed by atoms with van der Waals surface area (Å²) in [5, 5.41) is 0. The topological polar surface area (TPSA) is 96.0 Å². The number of hydrogen-bond acceptors (Lipinski definition) is 7. The average Bonchev–Trinajstić information content (AvgIpc) is 2.88. The van der Waals surface area contributed by atoms with Crippen LogP contribution in [0.25, 0.3) is 0 Å². The Kier molecular flexibility index (Phi) is 23.9. The molecule has 0 amide bonds. The quantitative estimate of drug-likeness (QED) is 0.314. The first-order chi connectivity index (χ1) is 16.1. The molecule has 0 aliphatic heterocycles. The predicted molar refractivity (Wildman–Crippen MR) is 125 cm³/mol. The maximum Gasteiger partial charge on any atom is 0.530 e. The van der Waals surface area contributed by atoms with Crippen LogP contribution in [0.15, 0.2) is 72.8 Å². The van der Waals surface area contributed by atoms with Crippen LogP contribution in [-0.2, 0) is 38.7 Å². The fraction of sp³-hybridized carbons (Fsp3) is 0.120. The van der Waals surface area contributed by atoms with E-state index in [1.807, 2.05) is 93.6 Å². The Bertz CT molecular complexity index is 754. The fourth-order valence-corrected chi connectivity index (χ4v) is 3.10. The molecule has 0 saturated heterocycles. The molecule has 9 heteroatoms. The van der Waals surface area contributed by atoms with E-state index in [9.17, 15) is 0 Å². The van der Waals surface area contributed by atoms with Gasteiger partial charge in [-0.2, -0.15) is 0 Å². The molecule has 8 radical (unpaired) electrons. The van der Waals surface area contributed by atoms with Gasteiger partial charge in [0.05, 0.1) is 0 Å². The van der Waals surface area contributed by atoms with Gasteiger partial charge in [0.25, 0.3) is 27.2 Å². The number of rotatable bonds is 6. The molecule has 0 heterocycles. The summed E-state index contributed by atoms with van der Waals surface area (Å²) in [5.74, 6) is 2.16. The third-order valence-electron chi connectivity index (χ3n) is 3.60. The third kappa shape index (κ3) is 14.8. The minimum absolute atomic E-state index is 0. The van der Waals surface area contributed by atoms with Crippen LogP contribution in [0.3, 0.4) is 0 Å². The second kappa shape index (κ2) is 23.0. The Morgan fingerprint density at radius 3 is 0.794 bits per heavy atom. The number of hydrogen-bond donors (Lipinski definition) is 0. The van der Waals surface area contributed by atoms with Crippen LogP contribution in [0.2, 0.25) is 0 Å². The summed E-state index contributed by atoms with van der Waals surface area (Å²) < 4.78 is 17.9. The van der Waals surface area contributed by atoms with Gasteiger partial charge in [0.1, 0.15) is 17.2 Å². The molecule has 3 rings (SSSR count). The fourth-order valence-electron chi connectivity index (χ4n) is 2.11. The first-order valence-corrected chi connectivity index (χ1v) is 10.0. The van der Waals surface area contributed by atoms with E-state index in [0.29, 0.717) is 0 Å². The van der Waals surface area contributed by atoms with Crippen LogP contribution >= 0.6 is 8.60 Å². The zero-order valence-electron chi connectivity index (χ0n) is 18.6. The molecule has 34 heavy (non-hydrogen) atoms. The van der Waals surface area contributed by atoms with Gasteiger partial charge in [0, 0.05) is 19.5 Å². The van der Waals surface area contributed by atoms with E-state index in [2.05, 4.69) is 27.2 Å². The maximum atomic E-state index is 7.50. The summed E-state index contributed by atoms with van der Waals surface area (Å²) >= 11 is 0. The normalized spacial score (nSPS) is 8.24. The zero-order chi connectivity index (χ0) is 25.6. The van der Waals surface area contributed by atoms with E-state index in [1.54, 1.807) is 0 Å². The van der Waals surface area contributed by atoms with Crippen molar-refractivity contribution in [2.45, 2.75) is 20.8 Å². The minimum atomic E-state index is -1.62. The SMILES string of the molecule is Cc1ccc(OP(Oc2ccc(C)cc2)Oc2ccc(C)cc2)cc1.[C]=O.[C]=O.[C]=O.[C]=O.[Ru].